The molecule has 1 unspecified atom stereocenters. The van der Waals surface area contributed by atoms with Crippen LogP contribution in [0.4, 0.5) is 0 Å². The van der Waals surface area contributed by atoms with E-state index in [4.69, 9.17) is 9.31 Å². The van der Waals surface area contributed by atoms with Crippen molar-refractivity contribution >= 4 is 31.2 Å². The van der Waals surface area contributed by atoms with Gasteiger partial charge in [0.05, 0.1) is 19.3 Å². The SMILES string of the molecule is CC1(C)OB(CC(Cc2cccc3ccccc23)[Si](C)(C)c2ccccc2)OC1(C)C. The third-order valence-corrected chi connectivity index (χ3v) is 12.0. The Bertz CT molecular complexity index is 1020. The van der Waals surface area contributed by atoms with Gasteiger partial charge < -0.3 is 9.31 Å². The summed E-state index contributed by atoms with van der Waals surface area (Å²) < 4.78 is 12.9. The molecule has 3 aromatic carbocycles. The molecule has 0 N–H and O–H groups in total. The summed E-state index contributed by atoms with van der Waals surface area (Å²) in [6.07, 6.45) is 1.96. The first kappa shape index (κ1) is 22.3. The van der Waals surface area contributed by atoms with E-state index in [1.165, 1.54) is 21.5 Å². The normalized spacial score (nSPS) is 19.0. The first-order valence-electron chi connectivity index (χ1n) is 11.5. The van der Waals surface area contributed by atoms with E-state index >= 15 is 0 Å². The summed E-state index contributed by atoms with van der Waals surface area (Å²) in [5.41, 5.74) is 1.34. The quantitative estimate of drug-likeness (QED) is 0.418. The minimum Gasteiger partial charge on any atom is -0.403 e. The molecule has 0 amide bonds. The fourth-order valence-electron chi connectivity index (χ4n) is 4.77. The highest BCUT2D eigenvalue weighted by Gasteiger charge is 2.52. The lowest BCUT2D eigenvalue weighted by Crippen LogP contribution is -2.48. The van der Waals surface area contributed by atoms with E-state index in [2.05, 4.69) is 114 Å². The number of hydrogen-bond acceptors (Lipinski definition) is 2. The highest BCUT2D eigenvalue weighted by atomic mass is 28.3. The van der Waals surface area contributed by atoms with Crippen molar-refractivity contribution in [3.63, 3.8) is 0 Å². The van der Waals surface area contributed by atoms with Crippen molar-refractivity contribution in [1.29, 1.82) is 0 Å². The van der Waals surface area contributed by atoms with Gasteiger partial charge in [-0.25, -0.2) is 0 Å². The van der Waals surface area contributed by atoms with Crippen LogP contribution in [0.5, 0.6) is 0 Å². The molecule has 4 rings (SSSR count). The molecule has 0 saturated carbocycles. The molecule has 162 valence electrons. The summed E-state index contributed by atoms with van der Waals surface area (Å²) in [6, 6.07) is 26.5. The fourth-order valence-corrected chi connectivity index (χ4v) is 7.80. The van der Waals surface area contributed by atoms with Gasteiger partial charge in [0.1, 0.15) is 0 Å². The molecule has 1 aliphatic rings. The zero-order valence-electron chi connectivity index (χ0n) is 19.8. The van der Waals surface area contributed by atoms with E-state index in [0.717, 1.165) is 12.7 Å². The molecule has 0 aromatic heterocycles. The second kappa shape index (κ2) is 8.23. The van der Waals surface area contributed by atoms with E-state index in [-0.39, 0.29) is 18.3 Å². The third kappa shape index (κ3) is 4.39. The van der Waals surface area contributed by atoms with Crippen LogP contribution in [0.1, 0.15) is 33.3 Å². The van der Waals surface area contributed by atoms with Crippen LogP contribution in [0.2, 0.25) is 25.0 Å². The van der Waals surface area contributed by atoms with Crippen molar-refractivity contribution in [2.24, 2.45) is 0 Å². The van der Waals surface area contributed by atoms with Crippen LogP contribution in [-0.2, 0) is 15.7 Å². The van der Waals surface area contributed by atoms with Crippen LogP contribution >= 0.6 is 0 Å². The molecule has 1 saturated heterocycles. The van der Waals surface area contributed by atoms with Crippen molar-refractivity contribution in [1.82, 2.24) is 0 Å². The topological polar surface area (TPSA) is 18.5 Å². The minimum atomic E-state index is -1.80. The first-order chi connectivity index (χ1) is 14.6. The van der Waals surface area contributed by atoms with Crippen LogP contribution in [-0.4, -0.2) is 26.4 Å². The molecule has 1 heterocycles. The van der Waals surface area contributed by atoms with Crippen molar-refractivity contribution in [2.45, 2.75) is 70.3 Å². The van der Waals surface area contributed by atoms with Gasteiger partial charge in [0.2, 0.25) is 0 Å². The van der Waals surface area contributed by atoms with Crippen LogP contribution in [0, 0.1) is 0 Å². The van der Waals surface area contributed by atoms with E-state index in [1.807, 2.05) is 0 Å². The van der Waals surface area contributed by atoms with Gasteiger partial charge in [0, 0.05) is 0 Å². The first-order valence-corrected chi connectivity index (χ1v) is 14.6. The summed E-state index contributed by atoms with van der Waals surface area (Å²) in [7, 11) is -1.97. The summed E-state index contributed by atoms with van der Waals surface area (Å²) in [5.74, 6) is 0. The molecule has 1 fully saturated rings. The minimum absolute atomic E-state index is 0.166. The third-order valence-electron chi connectivity index (χ3n) is 7.66. The molecule has 1 aliphatic heterocycles. The number of benzene rings is 3. The Kier molecular flexibility index (Phi) is 5.93. The van der Waals surface area contributed by atoms with E-state index in [0.29, 0.717) is 5.54 Å². The molecule has 0 spiro atoms. The maximum Gasteiger partial charge on any atom is 0.457 e. The molecule has 0 bridgehead atoms. The van der Waals surface area contributed by atoms with Crippen molar-refractivity contribution in [3.05, 3.63) is 78.4 Å². The fraction of sp³-hybridized carbons (Fsp3) is 0.407. The van der Waals surface area contributed by atoms with Gasteiger partial charge in [-0.05, 0) is 62.3 Å². The zero-order chi connectivity index (χ0) is 22.3. The molecule has 2 nitrogen and oxygen atoms in total. The highest BCUT2D eigenvalue weighted by Crippen LogP contribution is 2.42. The number of fused-ring (bicyclic) bond motifs is 1. The largest absolute Gasteiger partial charge is 0.457 e. The predicted octanol–water partition coefficient (Wildman–Crippen LogP) is 6.46. The Morgan fingerprint density at radius 1 is 0.774 bits per heavy atom. The van der Waals surface area contributed by atoms with Gasteiger partial charge in [-0.2, -0.15) is 0 Å². The monoisotopic (exact) mass is 430 g/mol. The average Bonchev–Trinajstić information content (AvgIpc) is 2.94. The second-order valence-electron chi connectivity index (χ2n) is 10.5. The number of hydrogen-bond donors (Lipinski definition) is 0. The van der Waals surface area contributed by atoms with Crippen molar-refractivity contribution in [2.75, 3.05) is 0 Å². The summed E-state index contributed by atoms with van der Waals surface area (Å²) >= 11 is 0. The molecular weight excluding hydrogens is 395 g/mol. The molecule has 1 atom stereocenters. The lowest BCUT2D eigenvalue weighted by Gasteiger charge is -2.34. The summed E-state index contributed by atoms with van der Waals surface area (Å²) in [5, 5.41) is 4.17. The predicted molar refractivity (Wildman–Crippen MR) is 136 cm³/mol. The molecule has 31 heavy (non-hydrogen) atoms. The van der Waals surface area contributed by atoms with Gasteiger partial charge in [-0.3, -0.25) is 0 Å². The Morgan fingerprint density at radius 3 is 2.03 bits per heavy atom. The van der Waals surface area contributed by atoms with Gasteiger partial charge in [0.15, 0.2) is 0 Å². The van der Waals surface area contributed by atoms with Gasteiger partial charge in [-0.1, -0.05) is 91.1 Å². The van der Waals surface area contributed by atoms with Gasteiger partial charge in [0.25, 0.3) is 0 Å². The standard InChI is InChI=1S/C27H35BO2Si/c1-26(2)27(3,4)30-28(29-26)20-24(31(5,6)23-16-8-7-9-17-23)19-22-15-12-14-21-13-10-11-18-25(21)22/h7-18,24H,19-20H2,1-6H3. The smallest absolute Gasteiger partial charge is 0.403 e. The van der Waals surface area contributed by atoms with Crippen LogP contribution in [0.3, 0.4) is 0 Å². The Hall–Kier alpha value is -1.88. The van der Waals surface area contributed by atoms with Crippen LogP contribution < -0.4 is 5.19 Å². The Balaban J connectivity index is 1.69. The average molecular weight is 430 g/mol. The molecule has 0 aliphatic carbocycles. The molecule has 3 aromatic rings. The van der Waals surface area contributed by atoms with Crippen molar-refractivity contribution in [3.8, 4) is 0 Å². The molecule has 0 radical (unpaired) electrons. The second-order valence-corrected chi connectivity index (χ2v) is 15.4. The maximum atomic E-state index is 6.45. The number of rotatable bonds is 6. The van der Waals surface area contributed by atoms with E-state index < -0.39 is 8.07 Å². The lowest BCUT2D eigenvalue weighted by atomic mass is 9.81. The lowest BCUT2D eigenvalue weighted by molar-refractivity contribution is 0.00578. The Labute approximate surface area is 189 Å². The van der Waals surface area contributed by atoms with E-state index in [9.17, 15) is 0 Å². The van der Waals surface area contributed by atoms with Crippen LogP contribution in [0.25, 0.3) is 10.8 Å². The Morgan fingerprint density at radius 2 is 1.35 bits per heavy atom. The van der Waals surface area contributed by atoms with E-state index in [1.54, 1.807) is 0 Å². The van der Waals surface area contributed by atoms with Crippen LogP contribution in [0.15, 0.2) is 72.8 Å². The molecule has 4 heteroatoms. The van der Waals surface area contributed by atoms with Gasteiger partial charge in [-0.15, -0.1) is 0 Å². The maximum absolute atomic E-state index is 6.45. The summed E-state index contributed by atoms with van der Waals surface area (Å²) in [6.45, 7) is 13.6. The zero-order valence-corrected chi connectivity index (χ0v) is 20.8. The van der Waals surface area contributed by atoms with Gasteiger partial charge >= 0.3 is 7.12 Å². The highest BCUT2D eigenvalue weighted by molar-refractivity contribution is 6.91. The molecular formula is C27H35BO2Si. The van der Waals surface area contributed by atoms with Crippen molar-refractivity contribution < 1.29 is 9.31 Å². The summed E-state index contributed by atoms with van der Waals surface area (Å²) in [4.78, 5) is 0.